The van der Waals surface area contributed by atoms with Crippen molar-refractivity contribution in [2.24, 2.45) is 5.92 Å². The zero-order valence-electron chi connectivity index (χ0n) is 11.6. The molecule has 1 amide bonds. The summed E-state index contributed by atoms with van der Waals surface area (Å²) in [4.78, 5) is 14.0. The average molecular weight is 383 g/mol. The van der Waals surface area contributed by atoms with Gasteiger partial charge in [0.25, 0.3) is 15.0 Å². The number of carbonyl (C=O) groups is 1. The predicted octanol–water partition coefficient (Wildman–Crippen LogP) is 3.49. The molecule has 0 aliphatic rings. The monoisotopic (exact) mass is 381 g/mol. The van der Waals surface area contributed by atoms with Crippen molar-refractivity contribution in [3.8, 4) is 0 Å². The Morgan fingerprint density at radius 3 is 2.45 bits per heavy atom. The molecule has 0 N–H and O–H groups in total. The van der Waals surface area contributed by atoms with Gasteiger partial charge in [0, 0.05) is 33.8 Å². The first-order valence-electron chi connectivity index (χ1n) is 6.20. The topological polar surface area (TPSA) is 54.5 Å². The second-order valence-corrected chi connectivity index (χ2v) is 8.21. The summed E-state index contributed by atoms with van der Waals surface area (Å²) in [6, 6.07) is 4.41. The van der Waals surface area contributed by atoms with Crippen molar-refractivity contribution in [3.05, 3.63) is 28.2 Å². The van der Waals surface area contributed by atoms with E-state index in [0.29, 0.717) is 29.0 Å². The number of rotatable bonds is 5. The van der Waals surface area contributed by atoms with Crippen molar-refractivity contribution >= 4 is 41.6 Å². The van der Waals surface area contributed by atoms with Crippen molar-refractivity contribution in [2.45, 2.75) is 25.7 Å². The first kappa shape index (κ1) is 17.5. The van der Waals surface area contributed by atoms with Crippen LogP contribution in [0.5, 0.6) is 0 Å². The Morgan fingerprint density at radius 1 is 1.40 bits per heavy atom. The standard InChI is InChI=1S/C13H17BrClNO3S/c1-4-16(8-9(2)3)13(17)10-5-6-11(14)12(7-10)20(15,18)19/h5-7,9H,4,8H2,1-3H3. The number of amides is 1. The third kappa shape index (κ3) is 4.46. The van der Waals surface area contributed by atoms with Gasteiger partial charge in [-0.15, -0.1) is 0 Å². The van der Waals surface area contributed by atoms with Gasteiger partial charge in [0.15, 0.2) is 0 Å². The molecule has 7 heteroatoms. The lowest BCUT2D eigenvalue weighted by Crippen LogP contribution is -2.34. The largest absolute Gasteiger partial charge is 0.339 e. The zero-order valence-corrected chi connectivity index (χ0v) is 14.7. The number of halogens is 2. The molecule has 0 atom stereocenters. The summed E-state index contributed by atoms with van der Waals surface area (Å²) in [6.07, 6.45) is 0. The van der Waals surface area contributed by atoms with E-state index >= 15 is 0 Å². The number of hydrogen-bond acceptors (Lipinski definition) is 3. The van der Waals surface area contributed by atoms with Crippen molar-refractivity contribution in [1.29, 1.82) is 0 Å². The highest BCUT2D eigenvalue weighted by molar-refractivity contribution is 9.10. The van der Waals surface area contributed by atoms with E-state index in [9.17, 15) is 13.2 Å². The highest BCUT2D eigenvalue weighted by Crippen LogP contribution is 2.26. The minimum Gasteiger partial charge on any atom is -0.339 e. The molecule has 0 radical (unpaired) electrons. The van der Waals surface area contributed by atoms with Crippen LogP contribution in [0.25, 0.3) is 0 Å². The number of nitrogens with zero attached hydrogens (tertiary/aromatic N) is 1. The molecule has 0 aliphatic heterocycles. The summed E-state index contributed by atoms with van der Waals surface area (Å²) in [5.74, 6) is 0.140. The van der Waals surface area contributed by atoms with Gasteiger partial charge in [0.1, 0.15) is 0 Å². The Morgan fingerprint density at radius 2 is 2.00 bits per heavy atom. The molecule has 0 spiro atoms. The molecule has 1 aromatic carbocycles. The molecule has 20 heavy (non-hydrogen) atoms. The quantitative estimate of drug-likeness (QED) is 0.732. The number of carbonyl (C=O) groups excluding carboxylic acids is 1. The van der Waals surface area contributed by atoms with Gasteiger partial charge in [0.05, 0.1) is 4.90 Å². The van der Waals surface area contributed by atoms with Crippen LogP contribution in [-0.2, 0) is 9.05 Å². The van der Waals surface area contributed by atoms with Crippen LogP contribution in [0.2, 0.25) is 0 Å². The molecule has 0 aromatic heterocycles. The third-order valence-corrected chi connectivity index (χ3v) is 5.01. The van der Waals surface area contributed by atoms with Gasteiger partial charge >= 0.3 is 0 Å². The van der Waals surface area contributed by atoms with Crippen LogP contribution in [0, 0.1) is 5.92 Å². The first-order valence-corrected chi connectivity index (χ1v) is 9.30. The maximum atomic E-state index is 12.4. The van der Waals surface area contributed by atoms with E-state index < -0.39 is 9.05 Å². The fourth-order valence-corrected chi connectivity index (χ4v) is 3.92. The van der Waals surface area contributed by atoms with E-state index in [1.54, 1.807) is 11.0 Å². The minimum atomic E-state index is -3.89. The molecule has 0 saturated carbocycles. The van der Waals surface area contributed by atoms with Gasteiger partial charge in [-0.2, -0.15) is 0 Å². The van der Waals surface area contributed by atoms with Crippen LogP contribution in [0.15, 0.2) is 27.6 Å². The molecule has 4 nitrogen and oxygen atoms in total. The first-order chi connectivity index (χ1) is 9.16. The van der Waals surface area contributed by atoms with Gasteiger partial charge in [-0.25, -0.2) is 8.42 Å². The summed E-state index contributed by atoms with van der Waals surface area (Å²) >= 11 is 3.12. The molecule has 0 bridgehead atoms. The van der Waals surface area contributed by atoms with Crippen LogP contribution in [-0.4, -0.2) is 32.3 Å². The molecule has 0 saturated heterocycles. The van der Waals surface area contributed by atoms with Crippen LogP contribution in [0.4, 0.5) is 0 Å². The van der Waals surface area contributed by atoms with E-state index in [-0.39, 0.29) is 10.8 Å². The highest BCUT2D eigenvalue weighted by Gasteiger charge is 2.20. The van der Waals surface area contributed by atoms with Crippen molar-refractivity contribution in [2.75, 3.05) is 13.1 Å². The lowest BCUT2D eigenvalue weighted by atomic mass is 10.1. The summed E-state index contributed by atoms with van der Waals surface area (Å²) in [6.45, 7) is 7.11. The van der Waals surface area contributed by atoms with Crippen molar-refractivity contribution in [3.63, 3.8) is 0 Å². The number of hydrogen-bond donors (Lipinski definition) is 0. The molecule has 0 fully saturated rings. The maximum Gasteiger partial charge on any atom is 0.262 e. The van der Waals surface area contributed by atoms with E-state index in [0.717, 1.165) is 0 Å². The second kappa shape index (κ2) is 6.91. The van der Waals surface area contributed by atoms with Crippen LogP contribution in [0.3, 0.4) is 0 Å². The predicted molar refractivity (Wildman–Crippen MR) is 83.6 cm³/mol. The lowest BCUT2D eigenvalue weighted by Gasteiger charge is -2.23. The van der Waals surface area contributed by atoms with Gasteiger partial charge < -0.3 is 4.90 Å². The molecular formula is C13H17BrClNO3S. The maximum absolute atomic E-state index is 12.4. The Kier molecular flexibility index (Phi) is 6.04. The van der Waals surface area contributed by atoms with Crippen molar-refractivity contribution < 1.29 is 13.2 Å². The van der Waals surface area contributed by atoms with Gasteiger partial charge in [-0.05, 0) is 47.0 Å². The molecule has 0 unspecified atom stereocenters. The molecule has 1 aromatic rings. The minimum absolute atomic E-state index is 0.0920. The van der Waals surface area contributed by atoms with E-state index in [2.05, 4.69) is 15.9 Å². The Balaban J connectivity index is 3.17. The van der Waals surface area contributed by atoms with Crippen LogP contribution < -0.4 is 0 Å². The molecule has 112 valence electrons. The lowest BCUT2D eigenvalue weighted by molar-refractivity contribution is 0.0745. The molecule has 0 heterocycles. The second-order valence-electron chi connectivity index (χ2n) is 4.82. The summed E-state index contributed by atoms with van der Waals surface area (Å²) < 4.78 is 23.3. The SMILES string of the molecule is CCN(CC(C)C)C(=O)c1ccc(Br)c(S(=O)(=O)Cl)c1. The fourth-order valence-electron chi connectivity index (χ4n) is 1.80. The average Bonchev–Trinajstić information content (AvgIpc) is 2.34. The third-order valence-electron chi connectivity index (χ3n) is 2.70. The Bertz CT molecular complexity index is 602. The summed E-state index contributed by atoms with van der Waals surface area (Å²) in [7, 11) is 1.47. The van der Waals surface area contributed by atoms with Gasteiger partial charge in [-0.3, -0.25) is 4.79 Å². The summed E-state index contributed by atoms with van der Waals surface area (Å²) in [5, 5.41) is 0. The fraction of sp³-hybridized carbons (Fsp3) is 0.462. The normalized spacial score (nSPS) is 11.7. The van der Waals surface area contributed by atoms with Gasteiger partial charge in [0.2, 0.25) is 0 Å². The molecule has 1 rings (SSSR count). The van der Waals surface area contributed by atoms with Crippen LogP contribution >= 0.6 is 26.6 Å². The molecular weight excluding hydrogens is 366 g/mol. The smallest absolute Gasteiger partial charge is 0.262 e. The summed E-state index contributed by atoms with van der Waals surface area (Å²) in [5.41, 5.74) is 0.315. The Labute approximate surface area is 132 Å². The highest BCUT2D eigenvalue weighted by atomic mass is 79.9. The van der Waals surface area contributed by atoms with Crippen molar-refractivity contribution in [1.82, 2.24) is 4.90 Å². The zero-order chi connectivity index (χ0) is 15.5. The Hall–Kier alpha value is -0.590. The van der Waals surface area contributed by atoms with Crippen LogP contribution in [0.1, 0.15) is 31.1 Å². The van der Waals surface area contributed by atoms with Gasteiger partial charge in [-0.1, -0.05) is 13.8 Å². The van der Waals surface area contributed by atoms with E-state index in [1.165, 1.54) is 12.1 Å². The van der Waals surface area contributed by atoms with E-state index in [1.807, 2.05) is 20.8 Å². The van der Waals surface area contributed by atoms with E-state index in [4.69, 9.17) is 10.7 Å². The molecule has 0 aliphatic carbocycles. The number of benzene rings is 1.